The van der Waals surface area contributed by atoms with Crippen molar-refractivity contribution < 1.29 is 8.42 Å². The Morgan fingerprint density at radius 3 is 2.53 bits per heavy atom. The summed E-state index contributed by atoms with van der Waals surface area (Å²) < 4.78 is 26.6. The van der Waals surface area contributed by atoms with Crippen LogP contribution in [0.2, 0.25) is 5.28 Å². The van der Waals surface area contributed by atoms with Crippen LogP contribution in [0.25, 0.3) is 0 Å². The number of piperidine rings is 1. The van der Waals surface area contributed by atoms with Gasteiger partial charge in [-0.25, -0.2) is 23.1 Å². The van der Waals surface area contributed by atoms with Gasteiger partial charge in [-0.05, 0) is 50.5 Å². The Morgan fingerprint density at radius 2 is 1.95 bits per heavy atom. The molecule has 1 fully saturated rings. The molecule has 1 saturated heterocycles. The maximum Gasteiger partial charge on any atom is 0.243 e. The van der Waals surface area contributed by atoms with Crippen LogP contribution in [0.4, 0.5) is 0 Å². The summed E-state index contributed by atoms with van der Waals surface area (Å²) >= 11 is 5.53. The highest BCUT2D eigenvalue weighted by atomic mass is 35.5. The lowest BCUT2D eigenvalue weighted by atomic mass is 9.98. The summed E-state index contributed by atoms with van der Waals surface area (Å²) in [5.41, 5.74) is 0. The number of hydrogen-bond donors (Lipinski definition) is 1. The van der Waals surface area contributed by atoms with Gasteiger partial charge in [0.2, 0.25) is 15.3 Å². The Morgan fingerprint density at radius 1 is 1.37 bits per heavy atom. The molecule has 1 aromatic heterocycles. The van der Waals surface area contributed by atoms with Gasteiger partial charge in [-0.1, -0.05) is 0 Å². The predicted molar refractivity (Wildman–Crippen MR) is 72.5 cm³/mol. The van der Waals surface area contributed by atoms with Crippen molar-refractivity contribution in [2.45, 2.75) is 17.7 Å². The Balaban J connectivity index is 1.92. The SMILES string of the molecule is CN1CCC(CNS(=O)(=O)c2cnc(Cl)nc2)CC1. The highest BCUT2D eigenvalue weighted by Crippen LogP contribution is 2.16. The molecule has 6 nitrogen and oxygen atoms in total. The van der Waals surface area contributed by atoms with Crippen molar-refractivity contribution in [2.75, 3.05) is 26.7 Å². The molecule has 0 amide bonds. The molecule has 0 spiro atoms. The molecular formula is C11H17ClN4O2S. The van der Waals surface area contributed by atoms with E-state index in [9.17, 15) is 8.42 Å². The van der Waals surface area contributed by atoms with Gasteiger partial charge >= 0.3 is 0 Å². The summed E-state index contributed by atoms with van der Waals surface area (Å²) in [5, 5.41) is 0.0364. The Kier molecular flexibility index (Phi) is 4.72. The Bertz CT molecular complexity index is 512. The average Bonchev–Trinajstić information content (AvgIpc) is 2.39. The zero-order valence-electron chi connectivity index (χ0n) is 10.7. The molecule has 0 radical (unpaired) electrons. The van der Waals surface area contributed by atoms with E-state index in [2.05, 4.69) is 26.6 Å². The number of nitrogens with one attached hydrogen (secondary N) is 1. The van der Waals surface area contributed by atoms with Gasteiger partial charge in [-0.2, -0.15) is 0 Å². The topological polar surface area (TPSA) is 75.2 Å². The van der Waals surface area contributed by atoms with E-state index < -0.39 is 10.0 Å². The minimum Gasteiger partial charge on any atom is -0.306 e. The third-order valence-corrected chi connectivity index (χ3v) is 4.88. The van der Waals surface area contributed by atoms with E-state index in [0.29, 0.717) is 12.5 Å². The lowest BCUT2D eigenvalue weighted by molar-refractivity contribution is 0.220. The molecule has 19 heavy (non-hydrogen) atoms. The third-order valence-electron chi connectivity index (χ3n) is 3.31. The van der Waals surface area contributed by atoms with E-state index in [-0.39, 0.29) is 10.2 Å². The number of likely N-dealkylation sites (tertiary alicyclic amines) is 1. The first-order valence-corrected chi connectivity index (χ1v) is 7.99. The Labute approximate surface area is 118 Å². The fourth-order valence-corrected chi connectivity index (χ4v) is 3.12. The molecule has 1 aliphatic rings. The zero-order chi connectivity index (χ0) is 13.9. The minimum absolute atomic E-state index is 0.0364. The highest BCUT2D eigenvalue weighted by molar-refractivity contribution is 7.89. The van der Waals surface area contributed by atoms with E-state index in [1.165, 1.54) is 12.4 Å². The van der Waals surface area contributed by atoms with Crippen molar-refractivity contribution in [1.29, 1.82) is 0 Å². The summed E-state index contributed by atoms with van der Waals surface area (Å²) in [4.78, 5) is 9.65. The van der Waals surface area contributed by atoms with E-state index in [4.69, 9.17) is 11.6 Å². The van der Waals surface area contributed by atoms with Gasteiger partial charge in [0.25, 0.3) is 0 Å². The molecule has 1 aliphatic heterocycles. The molecule has 1 N–H and O–H groups in total. The number of hydrogen-bond acceptors (Lipinski definition) is 5. The molecular weight excluding hydrogens is 288 g/mol. The van der Waals surface area contributed by atoms with E-state index in [1.807, 2.05) is 0 Å². The molecule has 0 saturated carbocycles. The van der Waals surface area contributed by atoms with E-state index in [1.54, 1.807) is 0 Å². The van der Waals surface area contributed by atoms with Crippen LogP contribution in [-0.4, -0.2) is 50.0 Å². The fourth-order valence-electron chi connectivity index (χ4n) is 2.02. The van der Waals surface area contributed by atoms with Crippen LogP contribution >= 0.6 is 11.6 Å². The molecule has 106 valence electrons. The summed E-state index contributed by atoms with van der Waals surface area (Å²) in [7, 11) is -1.46. The summed E-state index contributed by atoms with van der Waals surface area (Å²) in [6.07, 6.45) is 4.45. The summed E-state index contributed by atoms with van der Waals surface area (Å²) in [6, 6.07) is 0. The minimum atomic E-state index is -3.54. The van der Waals surface area contributed by atoms with Crippen LogP contribution in [0.15, 0.2) is 17.3 Å². The molecule has 0 unspecified atom stereocenters. The number of sulfonamides is 1. The smallest absolute Gasteiger partial charge is 0.243 e. The summed E-state index contributed by atoms with van der Waals surface area (Å²) in [5.74, 6) is 0.388. The van der Waals surface area contributed by atoms with Crippen LogP contribution in [0.3, 0.4) is 0 Å². The highest BCUT2D eigenvalue weighted by Gasteiger charge is 2.20. The number of nitrogens with zero attached hydrogens (tertiary/aromatic N) is 3. The largest absolute Gasteiger partial charge is 0.306 e. The van der Waals surface area contributed by atoms with Gasteiger partial charge in [0.15, 0.2) is 0 Å². The van der Waals surface area contributed by atoms with E-state index in [0.717, 1.165) is 25.9 Å². The molecule has 0 aliphatic carbocycles. The number of aromatic nitrogens is 2. The van der Waals surface area contributed by atoms with Gasteiger partial charge < -0.3 is 4.90 Å². The normalized spacial score (nSPS) is 18.6. The standard InChI is InChI=1S/C11H17ClN4O2S/c1-16-4-2-9(3-5-16)6-15-19(17,18)10-7-13-11(12)14-8-10/h7-9,15H,2-6H2,1H3. The van der Waals surface area contributed by atoms with Crippen molar-refractivity contribution in [3.05, 3.63) is 17.7 Å². The lowest BCUT2D eigenvalue weighted by Gasteiger charge is -2.28. The molecule has 2 rings (SSSR count). The van der Waals surface area contributed by atoms with Gasteiger partial charge in [-0.15, -0.1) is 0 Å². The zero-order valence-corrected chi connectivity index (χ0v) is 12.3. The molecule has 0 bridgehead atoms. The molecule has 1 aromatic rings. The van der Waals surface area contributed by atoms with Gasteiger partial charge in [-0.3, -0.25) is 0 Å². The van der Waals surface area contributed by atoms with Crippen LogP contribution in [0.5, 0.6) is 0 Å². The van der Waals surface area contributed by atoms with Crippen LogP contribution in [0.1, 0.15) is 12.8 Å². The molecule has 0 aromatic carbocycles. The lowest BCUT2D eigenvalue weighted by Crippen LogP contribution is -2.36. The average molecular weight is 305 g/mol. The number of rotatable bonds is 4. The van der Waals surface area contributed by atoms with Gasteiger partial charge in [0.1, 0.15) is 4.90 Å². The van der Waals surface area contributed by atoms with Gasteiger partial charge in [0.05, 0.1) is 12.4 Å². The van der Waals surface area contributed by atoms with Crippen molar-refractivity contribution in [3.8, 4) is 0 Å². The molecule has 2 heterocycles. The third kappa shape index (κ3) is 4.10. The summed E-state index contributed by atoms with van der Waals surface area (Å²) in [6.45, 7) is 2.48. The van der Waals surface area contributed by atoms with Crippen molar-refractivity contribution >= 4 is 21.6 Å². The van der Waals surface area contributed by atoms with Crippen LogP contribution in [0, 0.1) is 5.92 Å². The second kappa shape index (κ2) is 6.13. The van der Waals surface area contributed by atoms with Crippen molar-refractivity contribution in [3.63, 3.8) is 0 Å². The maximum atomic E-state index is 12.0. The first kappa shape index (κ1) is 14.6. The second-order valence-electron chi connectivity index (χ2n) is 4.79. The van der Waals surface area contributed by atoms with E-state index >= 15 is 0 Å². The fraction of sp³-hybridized carbons (Fsp3) is 0.636. The number of halogens is 1. The van der Waals surface area contributed by atoms with Gasteiger partial charge in [0, 0.05) is 6.54 Å². The molecule has 0 atom stereocenters. The van der Waals surface area contributed by atoms with Crippen LogP contribution in [-0.2, 0) is 10.0 Å². The van der Waals surface area contributed by atoms with Crippen LogP contribution < -0.4 is 4.72 Å². The quantitative estimate of drug-likeness (QED) is 0.831. The van der Waals surface area contributed by atoms with Crippen molar-refractivity contribution in [2.24, 2.45) is 5.92 Å². The first-order valence-electron chi connectivity index (χ1n) is 6.13. The van der Waals surface area contributed by atoms with Crippen molar-refractivity contribution in [1.82, 2.24) is 19.6 Å². The first-order chi connectivity index (χ1) is 8.97. The Hall–Kier alpha value is -0.760. The maximum absolute atomic E-state index is 12.0. The molecule has 8 heteroatoms. The predicted octanol–water partition coefficient (Wildman–Crippen LogP) is 0.750. The monoisotopic (exact) mass is 304 g/mol. The second-order valence-corrected chi connectivity index (χ2v) is 6.89.